The summed E-state index contributed by atoms with van der Waals surface area (Å²) >= 11 is 0. The third-order valence-electron chi connectivity index (χ3n) is 2.68. The summed E-state index contributed by atoms with van der Waals surface area (Å²) in [6.07, 6.45) is 1.70. The van der Waals surface area contributed by atoms with Crippen molar-refractivity contribution in [1.29, 1.82) is 0 Å². The second-order valence-electron chi connectivity index (χ2n) is 4.12. The van der Waals surface area contributed by atoms with Gasteiger partial charge < -0.3 is 10.4 Å². The van der Waals surface area contributed by atoms with Gasteiger partial charge in [0.2, 0.25) is 0 Å². The van der Waals surface area contributed by atoms with Gasteiger partial charge in [-0.25, -0.2) is 4.79 Å². The molecule has 1 heterocycles. The number of carboxylic acids is 1. The minimum Gasteiger partial charge on any atom is -0.478 e. The average Bonchev–Trinajstić information content (AvgIpc) is 2.32. The molecule has 2 rings (SSSR count). The first kappa shape index (κ1) is 12.1. The van der Waals surface area contributed by atoms with Crippen molar-refractivity contribution >= 4 is 17.3 Å². The van der Waals surface area contributed by atoms with E-state index in [1.807, 2.05) is 32.0 Å². The molecule has 0 fully saturated rings. The van der Waals surface area contributed by atoms with Gasteiger partial charge in [0, 0.05) is 6.20 Å². The topological polar surface area (TPSA) is 62.2 Å². The van der Waals surface area contributed by atoms with Crippen LogP contribution < -0.4 is 5.32 Å². The molecule has 92 valence electrons. The molecule has 0 unspecified atom stereocenters. The Hall–Kier alpha value is -2.36. The maximum Gasteiger partial charge on any atom is 0.337 e. The first-order valence-corrected chi connectivity index (χ1v) is 5.60. The molecule has 0 radical (unpaired) electrons. The predicted octanol–water partition coefficient (Wildman–Crippen LogP) is 3.14. The Labute approximate surface area is 105 Å². The molecule has 1 aromatic heterocycles. The van der Waals surface area contributed by atoms with Crippen LogP contribution in [-0.2, 0) is 0 Å². The lowest BCUT2D eigenvalue weighted by molar-refractivity contribution is 0.0698. The summed E-state index contributed by atoms with van der Waals surface area (Å²) in [6, 6.07) is 8.88. The molecule has 4 heteroatoms. The third-order valence-corrected chi connectivity index (χ3v) is 2.68. The van der Waals surface area contributed by atoms with Crippen LogP contribution in [0.2, 0.25) is 0 Å². The van der Waals surface area contributed by atoms with Crippen LogP contribution in [0.1, 0.15) is 21.6 Å². The maximum atomic E-state index is 11.2. The van der Waals surface area contributed by atoms with E-state index >= 15 is 0 Å². The average molecular weight is 242 g/mol. The normalized spacial score (nSPS) is 10.1. The van der Waals surface area contributed by atoms with Crippen LogP contribution in [0.3, 0.4) is 0 Å². The van der Waals surface area contributed by atoms with Gasteiger partial charge in [-0.3, -0.25) is 4.98 Å². The molecule has 0 spiro atoms. The molecule has 2 aromatic rings. The summed E-state index contributed by atoms with van der Waals surface area (Å²) in [5.74, 6) is -0.945. The molecule has 4 nitrogen and oxygen atoms in total. The highest BCUT2D eigenvalue weighted by Gasteiger charge is 2.10. The Kier molecular flexibility index (Phi) is 3.28. The van der Waals surface area contributed by atoms with Gasteiger partial charge in [-0.1, -0.05) is 6.07 Å². The molecule has 0 saturated carbocycles. The van der Waals surface area contributed by atoms with Crippen LogP contribution in [0.4, 0.5) is 11.4 Å². The van der Waals surface area contributed by atoms with Crippen molar-refractivity contribution in [2.45, 2.75) is 13.8 Å². The number of hydrogen-bond donors (Lipinski definition) is 2. The fraction of sp³-hybridized carbons (Fsp3) is 0.143. The standard InChI is InChI=1S/C14H14N2O2/c1-9-5-6-11(14(17)18)13(8-9)16-12-4-3-7-15-10(12)2/h3-8,16H,1-2H3,(H,17,18). The number of anilines is 2. The van der Waals surface area contributed by atoms with Gasteiger partial charge in [-0.2, -0.15) is 0 Å². The number of nitrogens with one attached hydrogen (secondary N) is 1. The highest BCUT2D eigenvalue weighted by atomic mass is 16.4. The lowest BCUT2D eigenvalue weighted by Gasteiger charge is -2.12. The van der Waals surface area contributed by atoms with Gasteiger partial charge in [0.15, 0.2) is 0 Å². The van der Waals surface area contributed by atoms with E-state index in [0.29, 0.717) is 5.69 Å². The van der Waals surface area contributed by atoms with Crippen molar-refractivity contribution in [2.24, 2.45) is 0 Å². The molecule has 0 aliphatic rings. The van der Waals surface area contributed by atoms with Crippen molar-refractivity contribution in [3.8, 4) is 0 Å². The second kappa shape index (κ2) is 4.87. The number of benzene rings is 1. The van der Waals surface area contributed by atoms with Crippen LogP contribution in [0.25, 0.3) is 0 Å². The highest BCUT2D eigenvalue weighted by molar-refractivity contribution is 5.95. The van der Waals surface area contributed by atoms with Crippen LogP contribution in [-0.4, -0.2) is 16.1 Å². The van der Waals surface area contributed by atoms with E-state index in [4.69, 9.17) is 5.11 Å². The number of aromatic carboxylic acids is 1. The van der Waals surface area contributed by atoms with Gasteiger partial charge in [0.25, 0.3) is 0 Å². The van der Waals surface area contributed by atoms with E-state index in [-0.39, 0.29) is 5.56 Å². The molecule has 0 aliphatic carbocycles. The number of carbonyl (C=O) groups is 1. The smallest absolute Gasteiger partial charge is 0.337 e. The monoisotopic (exact) mass is 242 g/mol. The largest absolute Gasteiger partial charge is 0.478 e. The number of rotatable bonds is 3. The van der Waals surface area contributed by atoms with Crippen molar-refractivity contribution in [3.63, 3.8) is 0 Å². The van der Waals surface area contributed by atoms with E-state index in [2.05, 4.69) is 10.3 Å². The van der Waals surface area contributed by atoms with Crippen LogP contribution in [0.15, 0.2) is 36.5 Å². The molecule has 1 aromatic carbocycles. The molecule has 2 N–H and O–H groups in total. The second-order valence-corrected chi connectivity index (χ2v) is 4.12. The Bertz CT molecular complexity index is 594. The molecule has 0 saturated heterocycles. The van der Waals surface area contributed by atoms with Crippen molar-refractivity contribution in [2.75, 3.05) is 5.32 Å². The fourth-order valence-corrected chi connectivity index (χ4v) is 1.71. The van der Waals surface area contributed by atoms with Gasteiger partial charge in [0.1, 0.15) is 0 Å². The number of aryl methyl sites for hydroxylation is 2. The minimum absolute atomic E-state index is 0.254. The molecule has 0 aliphatic heterocycles. The first-order valence-electron chi connectivity index (χ1n) is 5.60. The zero-order chi connectivity index (χ0) is 13.1. The van der Waals surface area contributed by atoms with Gasteiger partial charge in [-0.15, -0.1) is 0 Å². The predicted molar refractivity (Wildman–Crippen MR) is 70.4 cm³/mol. The Balaban J connectivity index is 2.42. The lowest BCUT2D eigenvalue weighted by Crippen LogP contribution is -2.04. The molecule has 18 heavy (non-hydrogen) atoms. The van der Waals surface area contributed by atoms with Gasteiger partial charge >= 0.3 is 5.97 Å². The summed E-state index contributed by atoms with van der Waals surface area (Å²) in [7, 11) is 0. The van der Waals surface area contributed by atoms with Crippen molar-refractivity contribution in [1.82, 2.24) is 4.98 Å². The number of carboxylic acid groups (broad SMARTS) is 1. The first-order chi connectivity index (χ1) is 8.58. The third kappa shape index (κ3) is 2.48. The zero-order valence-corrected chi connectivity index (χ0v) is 10.3. The molecule has 0 amide bonds. The van der Waals surface area contributed by atoms with E-state index in [1.54, 1.807) is 18.3 Å². The summed E-state index contributed by atoms with van der Waals surface area (Å²) < 4.78 is 0. The fourth-order valence-electron chi connectivity index (χ4n) is 1.71. The van der Waals surface area contributed by atoms with E-state index in [1.165, 1.54) is 0 Å². The lowest BCUT2D eigenvalue weighted by atomic mass is 10.1. The number of nitrogens with zero attached hydrogens (tertiary/aromatic N) is 1. The molecular weight excluding hydrogens is 228 g/mol. The minimum atomic E-state index is -0.945. The Morgan fingerprint density at radius 1 is 1.22 bits per heavy atom. The number of aromatic nitrogens is 1. The zero-order valence-electron chi connectivity index (χ0n) is 10.3. The van der Waals surface area contributed by atoms with Crippen LogP contribution in [0, 0.1) is 13.8 Å². The van der Waals surface area contributed by atoms with Gasteiger partial charge in [0.05, 0.1) is 22.6 Å². The summed E-state index contributed by atoms with van der Waals surface area (Å²) in [5, 5.41) is 12.3. The Morgan fingerprint density at radius 2 is 2.00 bits per heavy atom. The molecule has 0 atom stereocenters. The van der Waals surface area contributed by atoms with Gasteiger partial charge in [-0.05, 0) is 43.7 Å². The summed E-state index contributed by atoms with van der Waals surface area (Å²) in [5.41, 5.74) is 3.48. The highest BCUT2D eigenvalue weighted by Crippen LogP contribution is 2.23. The van der Waals surface area contributed by atoms with E-state index in [9.17, 15) is 4.79 Å². The molecule has 0 bridgehead atoms. The molecular formula is C14H14N2O2. The van der Waals surface area contributed by atoms with Crippen molar-refractivity contribution < 1.29 is 9.90 Å². The Morgan fingerprint density at radius 3 is 2.67 bits per heavy atom. The van der Waals surface area contributed by atoms with Crippen molar-refractivity contribution in [3.05, 3.63) is 53.3 Å². The quantitative estimate of drug-likeness (QED) is 0.868. The number of hydrogen-bond acceptors (Lipinski definition) is 3. The van der Waals surface area contributed by atoms with Crippen LogP contribution >= 0.6 is 0 Å². The van der Waals surface area contributed by atoms with E-state index < -0.39 is 5.97 Å². The summed E-state index contributed by atoms with van der Waals surface area (Å²) in [6.45, 7) is 3.80. The van der Waals surface area contributed by atoms with Crippen LogP contribution in [0.5, 0.6) is 0 Å². The van der Waals surface area contributed by atoms with E-state index in [0.717, 1.165) is 16.9 Å². The SMILES string of the molecule is Cc1ccc(C(=O)O)c(Nc2cccnc2C)c1. The summed E-state index contributed by atoms with van der Waals surface area (Å²) in [4.78, 5) is 15.3. The number of pyridine rings is 1. The maximum absolute atomic E-state index is 11.2.